The zero-order chi connectivity index (χ0) is 11.4. The van der Waals surface area contributed by atoms with Crippen molar-refractivity contribution >= 4 is 0 Å². The maximum absolute atomic E-state index is 6.07. The van der Waals surface area contributed by atoms with Crippen LogP contribution >= 0.6 is 0 Å². The van der Waals surface area contributed by atoms with Gasteiger partial charge in [0.25, 0.3) is 0 Å². The summed E-state index contributed by atoms with van der Waals surface area (Å²) in [7, 11) is 0. The maximum atomic E-state index is 6.07. The van der Waals surface area contributed by atoms with E-state index in [0.717, 1.165) is 24.3 Å². The molecule has 3 heteroatoms. The molecule has 2 N–H and O–H groups in total. The molecule has 1 aromatic heterocycles. The van der Waals surface area contributed by atoms with Gasteiger partial charge in [0.1, 0.15) is 11.9 Å². The normalized spacial score (nSPS) is 25.4. The molecule has 0 radical (unpaired) electrons. The van der Waals surface area contributed by atoms with Gasteiger partial charge in [-0.05, 0) is 38.8 Å². The van der Waals surface area contributed by atoms with Gasteiger partial charge in [-0.25, -0.2) is 0 Å². The van der Waals surface area contributed by atoms with E-state index in [0.29, 0.717) is 12.0 Å². The molecule has 88 valence electrons. The minimum absolute atomic E-state index is 0.292. The molecule has 0 aliphatic heterocycles. The molecular formula is C13H20N2O. The zero-order valence-electron chi connectivity index (χ0n) is 9.86. The number of aryl methyl sites for hydroxylation is 1. The van der Waals surface area contributed by atoms with E-state index in [1.54, 1.807) is 6.20 Å². The van der Waals surface area contributed by atoms with Crippen molar-refractivity contribution in [2.24, 2.45) is 11.7 Å². The molecule has 1 heterocycles. The molecule has 0 amide bonds. The zero-order valence-corrected chi connectivity index (χ0v) is 9.86. The molecule has 0 saturated heterocycles. The van der Waals surface area contributed by atoms with Crippen LogP contribution in [0.25, 0.3) is 0 Å². The predicted octanol–water partition coefficient (Wildman–Crippen LogP) is 2.29. The quantitative estimate of drug-likeness (QED) is 0.850. The van der Waals surface area contributed by atoms with Crippen LogP contribution in [-0.4, -0.2) is 17.6 Å². The summed E-state index contributed by atoms with van der Waals surface area (Å²) in [6.07, 6.45) is 8.79. The van der Waals surface area contributed by atoms with E-state index in [1.165, 1.54) is 19.3 Å². The Morgan fingerprint density at radius 3 is 3.00 bits per heavy atom. The maximum Gasteiger partial charge on any atom is 0.125 e. The lowest BCUT2D eigenvalue weighted by Gasteiger charge is -2.31. The lowest BCUT2D eigenvalue weighted by Crippen LogP contribution is -2.35. The molecule has 2 atom stereocenters. The second-order valence-electron chi connectivity index (χ2n) is 4.58. The average molecular weight is 220 g/mol. The summed E-state index contributed by atoms with van der Waals surface area (Å²) in [5.74, 6) is 1.47. The predicted molar refractivity (Wildman–Crippen MR) is 64.4 cm³/mol. The number of hydrogen-bond acceptors (Lipinski definition) is 3. The van der Waals surface area contributed by atoms with Gasteiger partial charge < -0.3 is 10.5 Å². The third kappa shape index (κ3) is 2.53. The van der Waals surface area contributed by atoms with Gasteiger partial charge in [-0.1, -0.05) is 6.42 Å². The molecule has 0 aromatic carbocycles. The lowest BCUT2D eigenvalue weighted by molar-refractivity contribution is 0.0962. The first-order valence-corrected chi connectivity index (χ1v) is 6.08. The van der Waals surface area contributed by atoms with E-state index in [9.17, 15) is 0 Å². The van der Waals surface area contributed by atoms with Crippen LogP contribution in [0.2, 0.25) is 0 Å². The van der Waals surface area contributed by atoms with Gasteiger partial charge in [-0.3, -0.25) is 4.98 Å². The fraction of sp³-hybridized carbons (Fsp3) is 0.615. The van der Waals surface area contributed by atoms with Gasteiger partial charge in [0.2, 0.25) is 0 Å². The summed E-state index contributed by atoms with van der Waals surface area (Å²) in [6.45, 7) is 2.76. The monoisotopic (exact) mass is 220 g/mol. The summed E-state index contributed by atoms with van der Waals surface area (Å²) in [5.41, 5.74) is 6.89. The molecule has 1 saturated carbocycles. The largest absolute Gasteiger partial charge is 0.490 e. The van der Waals surface area contributed by atoms with Gasteiger partial charge in [-0.2, -0.15) is 0 Å². The Morgan fingerprint density at radius 2 is 2.25 bits per heavy atom. The van der Waals surface area contributed by atoms with E-state index in [4.69, 9.17) is 10.5 Å². The Hall–Kier alpha value is -1.09. The van der Waals surface area contributed by atoms with Gasteiger partial charge in [-0.15, -0.1) is 0 Å². The van der Waals surface area contributed by atoms with Crippen molar-refractivity contribution in [2.75, 3.05) is 6.54 Å². The fourth-order valence-electron chi connectivity index (χ4n) is 2.35. The summed E-state index contributed by atoms with van der Waals surface area (Å²) in [5, 5.41) is 0. The second kappa shape index (κ2) is 5.30. The molecular weight excluding hydrogens is 200 g/mol. The van der Waals surface area contributed by atoms with Crippen LogP contribution in [0.1, 0.15) is 31.2 Å². The molecule has 0 bridgehead atoms. The smallest absolute Gasteiger partial charge is 0.125 e. The van der Waals surface area contributed by atoms with Gasteiger partial charge >= 0.3 is 0 Å². The summed E-state index contributed by atoms with van der Waals surface area (Å²) < 4.78 is 6.07. The molecule has 3 nitrogen and oxygen atoms in total. The third-order valence-electron chi connectivity index (χ3n) is 3.39. The molecule has 1 aromatic rings. The Kier molecular flexibility index (Phi) is 3.78. The number of ether oxygens (including phenoxy) is 1. The minimum Gasteiger partial charge on any atom is -0.490 e. The van der Waals surface area contributed by atoms with Gasteiger partial charge in [0.15, 0.2) is 0 Å². The third-order valence-corrected chi connectivity index (χ3v) is 3.39. The standard InChI is InChI=1S/C13H20N2O/c1-10-9-15-7-6-12(10)16-13-5-3-2-4-11(13)8-14/h6-7,9,11,13H,2-5,8,14H2,1H3. The van der Waals surface area contributed by atoms with Gasteiger partial charge in [0, 0.05) is 23.9 Å². The van der Waals surface area contributed by atoms with Crippen molar-refractivity contribution in [3.8, 4) is 5.75 Å². The molecule has 2 rings (SSSR count). The molecule has 2 unspecified atom stereocenters. The molecule has 16 heavy (non-hydrogen) atoms. The Bertz CT molecular complexity index is 340. The Morgan fingerprint density at radius 1 is 1.44 bits per heavy atom. The van der Waals surface area contributed by atoms with Crippen LogP contribution in [0.4, 0.5) is 0 Å². The van der Waals surface area contributed by atoms with E-state index >= 15 is 0 Å². The highest BCUT2D eigenvalue weighted by Crippen LogP contribution is 2.28. The first-order chi connectivity index (χ1) is 7.81. The van der Waals surface area contributed by atoms with Crippen LogP contribution in [0.15, 0.2) is 18.5 Å². The summed E-state index contributed by atoms with van der Waals surface area (Å²) >= 11 is 0. The number of aromatic nitrogens is 1. The van der Waals surface area contributed by atoms with Gasteiger partial charge in [0.05, 0.1) is 0 Å². The molecule has 1 aliphatic carbocycles. The molecule has 1 aliphatic rings. The fourth-order valence-corrected chi connectivity index (χ4v) is 2.35. The van der Waals surface area contributed by atoms with Crippen molar-refractivity contribution in [1.29, 1.82) is 0 Å². The van der Waals surface area contributed by atoms with Crippen molar-refractivity contribution < 1.29 is 4.74 Å². The average Bonchev–Trinajstić information content (AvgIpc) is 2.33. The highest BCUT2D eigenvalue weighted by atomic mass is 16.5. The highest BCUT2D eigenvalue weighted by molar-refractivity contribution is 5.28. The van der Waals surface area contributed by atoms with Crippen LogP contribution in [0.5, 0.6) is 5.75 Å². The first-order valence-electron chi connectivity index (χ1n) is 6.08. The second-order valence-corrected chi connectivity index (χ2v) is 4.58. The first kappa shape index (κ1) is 11.4. The van der Waals surface area contributed by atoms with Crippen LogP contribution < -0.4 is 10.5 Å². The number of nitrogens with two attached hydrogens (primary N) is 1. The summed E-state index contributed by atoms with van der Waals surface area (Å²) in [4.78, 5) is 4.07. The molecule has 0 spiro atoms. The van der Waals surface area contributed by atoms with Crippen molar-refractivity contribution in [2.45, 2.75) is 38.7 Å². The topological polar surface area (TPSA) is 48.1 Å². The minimum atomic E-state index is 0.292. The SMILES string of the molecule is Cc1cnccc1OC1CCCCC1CN. The van der Waals surface area contributed by atoms with Crippen molar-refractivity contribution in [1.82, 2.24) is 4.98 Å². The number of hydrogen-bond donors (Lipinski definition) is 1. The van der Waals surface area contributed by atoms with Crippen LogP contribution in [0.3, 0.4) is 0 Å². The Balaban J connectivity index is 2.05. The van der Waals surface area contributed by atoms with Crippen LogP contribution in [-0.2, 0) is 0 Å². The number of pyridine rings is 1. The van der Waals surface area contributed by atoms with E-state index in [-0.39, 0.29) is 0 Å². The highest BCUT2D eigenvalue weighted by Gasteiger charge is 2.25. The summed E-state index contributed by atoms with van der Waals surface area (Å²) in [6, 6.07) is 1.94. The van der Waals surface area contributed by atoms with Crippen molar-refractivity contribution in [3.05, 3.63) is 24.0 Å². The lowest BCUT2D eigenvalue weighted by atomic mass is 9.86. The van der Waals surface area contributed by atoms with Crippen LogP contribution in [0, 0.1) is 12.8 Å². The molecule has 1 fully saturated rings. The van der Waals surface area contributed by atoms with E-state index in [2.05, 4.69) is 4.98 Å². The number of nitrogens with zero attached hydrogens (tertiary/aromatic N) is 1. The Labute approximate surface area is 97.0 Å². The number of rotatable bonds is 3. The van der Waals surface area contributed by atoms with Crippen molar-refractivity contribution in [3.63, 3.8) is 0 Å². The van der Waals surface area contributed by atoms with E-state index < -0.39 is 0 Å². The van der Waals surface area contributed by atoms with E-state index in [1.807, 2.05) is 19.2 Å².